The Morgan fingerprint density at radius 1 is 1.09 bits per heavy atom. The van der Waals surface area contributed by atoms with Gasteiger partial charge in [-0.25, -0.2) is 0 Å². The largest absolute Gasteiger partial charge is 0.504 e. The van der Waals surface area contributed by atoms with Crippen LogP contribution >= 0.6 is 0 Å². The van der Waals surface area contributed by atoms with Crippen LogP contribution in [0.3, 0.4) is 0 Å². The van der Waals surface area contributed by atoms with E-state index in [1.54, 1.807) is 0 Å². The SMILES string of the molecule is O=C(CO)C(O)C(O)C(O)CO.O=Cc1ccc(O)c(O)c1. The topological polar surface area (TPSA) is 176 Å². The van der Waals surface area contributed by atoms with Gasteiger partial charge in [-0.15, -0.1) is 0 Å². The Morgan fingerprint density at radius 2 is 1.68 bits per heavy atom. The lowest BCUT2D eigenvalue weighted by Gasteiger charge is -2.19. The lowest BCUT2D eigenvalue weighted by molar-refractivity contribution is -0.142. The quantitative estimate of drug-likeness (QED) is 0.221. The van der Waals surface area contributed by atoms with E-state index in [0.717, 1.165) is 0 Å². The molecule has 9 heteroatoms. The number of hydrogen-bond acceptors (Lipinski definition) is 9. The summed E-state index contributed by atoms with van der Waals surface area (Å²) < 4.78 is 0. The Labute approximate surface area is 125 Å². The van der Waals surface area contributed by atoms with E-state index in [-0.39, 0.29) is 11.5 Å². The fourth-order valence-corrected chi connectivity index (χ4v) is 1.22. The van der Waals surface area contributed by atoms with Gasteiger partial charge in [-0.3, -0.25) is 9.59 Å². The van der Waals surface area contributed by atoms with Crippen LogP contribution in [-0.2, 0) is 4.79 Å². The van der Waals surface area contributed by atoms with E-state index in [4.69, 9.17) is 35.7 Å². The van der Waals surface area contributed by atoms with Crippen molar-refractivity contribution < 1.29 is 45.3 Å². The summed E-state index contributed by atoms with van der Waals surface area (Å²) in [7, 11) is 0. The lowest BCUT2D eigenvalue weighted by Crippen LogP contribution is -2.44. The molecule has 9 nitrogen and oxygen atoms in total. The van der Waals surface area contributed by atoms with Gasteiger partial charge in [0.25, 0.3) is 0 Å². The monoisotopic (exact) mass is 318 g/mol. The summed E-state index contributed by atoms with van der Waals surface area (Å²) in [5.41, 5.74) is 0.343. The number of benzene rings is 1. The molecule has 3 unspecified atom stereocenters. The zero-order valence-corrected chi connectivity index (χ0v) is 11.4. The van der Waals surface area contributed by atoms with E-state index >= 15 is 0 Å². The van der Waals surface area contributed by atoms with Gasteiger partial charge in [-0.05, 0) is 18.2 Å². The fraction of sp³-hybridized carbons (Fsp3) is 0.385. The van der Waals surface area contributed by atoms with Crippen LogP contribution in [0, 0.1) is 0 Å². The molecule has 0 bridgehead atoms. The zero-order valence-electron chi connectivity index (χ0n) is 11.4. The normalized spacial score (nSPS) is 14.2. The van der Waals surface area contributed by atoms with Crippen LogP contribution in [0.15, 0.2) is 18.2 Å². The number of phenols is 2. The maximum atomic E-state index is 10.5. The minimum Gasteiger partial charge on any atom is -0.504 e. The molecule has 0 spiro atoms. The van der Waals surface area contributed by atoms with Gasteiger partial charge >= 0.3 is 0 Å². The molecule has 1 aromatic rings. The molecule has 0 radical (unpaired) electrons. The predicted octanol–water partition coefficient (Wildman–Crippen LogP) is -2.47. The van der Waals surface area contributed by atoms with Crippen molar-refractivity contribution in [2.75, 3.05) is 13.2 Å². The second-order valence-corrected chi connectivity index (χ2v) is 4.18. The van der Waals surface area contributed by atoms with Crippen molar-refractivity contribution in [2.24, 2.45) is 0 Å². The van der Waals surface area contributed by atoms with Gasteiger partial charge in [0.2, 0.25) is 0 Å². The number of aromatic hydroxyl groups is 2. The standard InChI is InChI=1S/C7H6O3.C6H12O6/c8-4-5-1-2-6(9)7(10)3-5;7-1-3(9)5(11)6(12)4(10)2-8/h1-4,9-10H;3,5-9,11-12H,1-2H2. The van der Waals surface area contributed by atoms with Gasteiger partial charge in [-0.1, -0.05) is 0 Å². The second-order valence-electron chi connectivity index (χ2n) is 4.18. The Bertz CT molecular complexity index is 488. The van der Waals surface area contributed by atoms with E-state index in [1.807, 2.05) is 0 Å². The highest BCUT2D eigenvalue weighted by atomic mass is 16.4. The molecule has 124 valence electrons. The number of hydrogen-bond donors (Lipinski definition) is 7. The van der Waals surface area contributed by atoms with Crippen LogP contribution in [0.5, 0.6) is 11.5 Å². The van der Waals surface area contributed by atoms with Gasteiger partial charge in [0.05, 0.1) is 6.61 Å². The fourth-order valence-electron chi connectivity index (χ4n) is 1.22. The first kappa shape index (κ1) is 20.0. The molecule has 0 aromatic heterocycles. The Kier molecular flexibility index (Phi) is 8.91. The number of rotatable bonds is 6. The number of aliphatic hydroxyl groups excluding tert-OH is 5. The summed E-state index contributed by atoms with van der Waals surface area (Å²) >= 11 is 0. The van der Waals surface area contributed by atoms with Gasteiger partial charge in [0.15, 0.2) is 17.3 Å². The summed E-state index contributed by atoms with van der Waals surface area (Å²) in [6, 6.07) is 3.88. The molecule has 0 saturated heterocycles. The molecule has 3 atom stereocenters. The molecule has 1 aromatic carbocycles. The lowest BCUT2D eigenvalue weighted by atomic mass is 10.1. The van der Waals surface area contributed by atoms with Gasteiger partial charge in [0.1, 0.15) is 31.2 Å². The number of carbonyl (C=O) groups is 2. The summed E-state index contributed by atoms with van der Waals surface area (Å²) in [5.74, 6) is -1.50. The van der Waals surface area contributed by atoms with Crippen molar-refractivity contribution in [1.82, 2.24) is 0 Å². The summed E-state index contributed by atoms with van der Waals surface area (Å²) in [5, 5.41) is 60.7. The van der Waals surface area contributed by atoms with E-state index < -0.39 is 37.3 Å². The highest BCUT2D eigenvalue weighted by molar-refractivity contribution is 5.84. The molecular formula is C13H18O9. The van der Waals surface area contributed by atoms with Gasteiger partial charge in [0, 0.05) is 5.56 Å². The Balaban J connectivity index is 0.000000406. The average Bonchev–Trinajstić information content (AvgIpc) is 2.54. The van der Waals surface area contributed by atoms with Crippen LogP contribution in [0.2, 0.25) is 0 Å². The van der Waals surface area contributed by atoms with Crippen molar-refractivity contribution in [3.05, 3.63) is 23.8 Å². The smallest absolute Gasteiger partial charge is 0.189 e. The first-order valence-corrected chi connectivity index (χ1v) is 6.04. The van der Waals surface area contributed by atoms with Crippen LogP contribution in [-0.4, -0.2) is 79.3 Å². The molecule has 1 rings (SSSR count). The maximum absolute atomic E-state index is 10.5. The van der Waals surface area contributed by atoms with Crippen molar-refractivity contribution >= 4 is 12.1 Å². The van der Waals surface area contributed by atoms with Crippen molar-refractivity contribution in [1.29, 1.82) is 0 Å². The van der Waals surface area contributed by atoms with Crippen LogP contribution in [0.4, 0.5) is 0 Å². The molecule has 0 aliphatic carbocycles. The third kappa shape index (κ3) is 6.16. The predicted molar refractivity (Wildman–Crippen MR) is 72.4 cm³/mol. The highest BCUT2D eigenvalue weighted by Crippen LogP contribution is 2.23. The van der Waals surface area contributed by atoms with E-state index in [2.05, 4.69) is 0 Å². The minimum absolute atomic E-state index is 0.217. The van der Waals surface area contributed by atoms with E-state index in [1.165, 1.54) is 18.2 Å². The van der Waals surface area contributed by atoms with Crippen molar-refractivity contribution in [3.8, 4) is 11.5 Å². The van der Waals surface area contributed by atoms with Crippen LogP contribution in [0.1, 0.15) is 10.4 Å². The number of Topliss-reactive ketones (excluding diaryl/α,β-unsaturated/α-hetero) is 1. The van der Waals surface area contributed by atoms with E-state index in [0.29, 0.717) is 11.8 Å². The van der Waals surface area contributed by atoms with Crippen molar-refractivity contribution in [2.45, 2.75) is 18.3 Å². The summed E-state index contributed by atoms with van der Waals surface area (Å²) in [6.07, 6.45) is -4.62. The highest BCUT2D eigenvalue weighted by Gasteiger charge is 2.28. The number of aliphatic hydroxyl groups is 5. The minimum atomic E-state index is -1.86. The Morgan fingerprint density at radius 3 is 2.09 bits per heavy atom. The molecule has 7 N–H and O–H groups in total. The number of phenolic OH excluding ortho intramolecular Hbond substituents is 2. The molecule has 0 fully saturated rings. The maximum Gasteiger partial charge on any atom is 0.189 e. The van der Waals surface area contributed by atoms with Gasteiger partial charge < -0.3 is 35.7 Å². The van der Waals surface area contributed by atoms with Crippen molar-refractivity contribution in [3.63, 3.8) is 0 Å². The molecule has 0 heterocycles. The molecule has 0 saturated carbocycles. The first-order chi connectivity index (χ1) is 10.3. The van der Waals surface area contributed by atoms with E-state index in [9.17, 15) is 9.59 Å². The molecule has 0 amide bonds. The summed E-state index contributed by atoms with van der Waals surface area (Å²) in [6.45, 7) is -1.69. The number of aldehydes is 1. The molecular weight excluding hydrogens is 300 g/mol. The second kappa shape index (κ2) is 9.82. The Hall–Kier alpha value is -2.04. The average molecular weight is 318 g/mol. The molecule has 0 aliphatic rings. The summed E-state index contributed by atoms with van der Waals surface area (Å²) in [4.78, 5) is 20.6. The third-order valence-corrected chi connectivity index (χ3v) is 2.53. The third-order valence-electron chi connectivity index (χ3n) is 2.53. The molecule has 0 aliphatic heterocycles. The zero-order chi connectivity index (χ0) is 17.3. The van der Waals surface area contributed by atoms with Crippen LogP contribution in [0.25, 0.3) is 0 Å². The van der Waals surface area contributed by atoms with Gasteiger partial charge in [-0.2, -0.15) is 0 Å². The number of carbonyl (C=O) groups excluding carboxylic acids is 2. The molecule has 22 heavy (non-hydrogen) atoms. The first-order valence-electron chi connectivity index (χ1n) is 6.04. The number of ketones is 1. The van der Waals surface area contributed by atoms with Crippen LogP contribution < -0.4 is 0 Å².